The fourth-order valence-corrected chi connectivity index (χ4v) is 2.93. The van der Waals surface area contributed by atoms with E-state index in [0.717, 1.165) is 6.42 Å². The highest BCUT2D eigenvalue weighted by molar-refractivity contribution is 7.09. The monoisotopic (exact) mass is 295 g/mol. The Bertz CT molecular complexity index is 335. The Morgan fingerprint density at radius 2 is 1.70 bits per heavy atom. The Labute approximate surface area is 128 Å². The van der Waals surface area contributed by atoms with Crippen LogP contribution in [-0.4, -0.2) is 5.91 Å². The Morgan fingerprint density at radius 1 is 1.05 bits per heavy atom. The van der Waals surface area contributed by atoms with E-state index in [1.807, 2.05) is 11.4 Å². The maximum atomic E-state index is 11.6. The molecular weight excluding hydrogens is 266 g/mol. The summed E-state index contributed by atoms with van der Waals surface area (Å²) < 4.78 is 0. The maximum Gasteiger partial charge on any atom is 0.220 e. The van der Waals surface area contributed by atoms with E-state index >= 15 is 0 Å². The smallest absolute Gasteiger partial charge is 0.220 e. The van der Waals surface area contributed by atoms with Gasteiger partial charge in [0.1, 0.15) is 0 Å². The Hall–Kier alpha value is -0.830. The van der Waals surface area contributed by atoms with Gasteiger partial charge >= 0.3 is 0 Å². The van der Waals surface area contributed by atoms with Crippen molar-refractivity contribution < 1.29 is 4.79 Å². The van der Waals surface area contributed by atoms with E-state index in [1.54, 1.807) is 11.3 Å². The topological polar surface area (TPSA) is 29.1 Å². The van der Waals surface area contributed by atoms with Crippen LogP contribution in [0.5, 0.6) is 0 Å². The fourth-order valence-electron chi connectivity index (χ4n) is 2.28. The van der Waals surface area contributed by atoms with Crippen molar-refractivity contribution in [2.45, 2.75) is 77.7 Å². The molecule has 114 valence electrons. The van der Waals surface area contributed by atoms with E-state index in [9.17, 15) is 4.79 Å². The van der Waals surface area contributed by atoms with Crippen molar-refractivity contribution in [1.82, 2.24) is 5.32 Å². The van der Waals surface area contributed by atoms with E-state index in [0.29, 0.717) is 13.0 Å². The van der Waals surface area contributed by atoms with Gasteiger partial charge < -0.3 is 5.32 Å². The van der Waals surface area contributed by atoms with Crippen molar-refractivity contribution in [3.8, 4) is 0 Å². The maximum absolute atomic E-state index is 11.6. The molecule has 1 rings (SSSR count). The second-order valence-corrected chi connectivity index (χ2v) is 6.47. The molecule has 0 spiro atoms. The van der Waals surface area contributed by atoms with Gasteiger partial charge in [0.15, 0.2) is 0 Å². The van der Waals surface area contributed by atoms with Crippen LogP contribution >= 0.6 is 11.3 Å². The number of hydrogen-bond donors (Lipinski definition) is 1. The van der Waals surface area contributed by atoms with E-state index in [4.69, 9.17) is 0 Å². The highest BCUT2D eigenvalue weighted by Gasteiger charge is 2.01. The number of amides is 1. The first-order chi connectivity index (χ1) is 9.83. The highest BCUT2D eigenvalue weighted by Crippen LogP contribution is 2.11. The lowest BCUT2D eigenvalue weighted by Gasteiger charge is -2.04. The molecular formula is C17H29NOS. The van der Waals surface area contributed by atoms with E-state index in [-0.39, 0.29) is 5.91 Å². The van der Waals surface area contributed by atoms with E-state index in [1.165, 1.54) is 56.2 Å². The first kappa shape index (κ1) is 17.2. The number of hydrogen-bond acceptors (Lipinski definition) is 2. The van der Waals surface area contributed by atoms with Crippen LogP contribution in [0.3, 0.4) is 0 Å². The number of carbonyl (C=O) groups is 1. The zero-order chi connectivity index (χ0) is 14.5. The molecule has 0 atom stereocenters. The standard InChI is InChI=1S/C17H29NOS/c1-2-3-4-5-6-7-8-9-10-13-17(19)18-15-16-12-11-14-20-16/h11-12,14H,2-10,13,15H2,1H3,(H,18,19). The number of carbonyl (C=O) groups excluding carboxylic acids is 1. The van der Waals surface area contributed by atoms with Gasteiger partial charge in [0, 0.05) is 11.3 Å². The summed E-state index contributed by atoms with van der Waals surface area (Å²) >= 11 is 1.69. The molecule has 0 bridgehead atoms. The van der Waals surface area contributed by atoms with Crippen LogP contribution in [0.4, 0.5) is 0 Å². The molecule has 20 heavy (non-hydrogen) atoms. The molecule has 0 fully saturated rings. The second kappa shape index (κ2) is 12.0. The van der Waals surface area contributed by atoms with Crippen LogP contribution < -0.4 is 5.32 Å². The molecule has 0 saturated heterocycles. The molecule has 1 aromatic heterocycles. The molecule has 0 radical (unpaired) electrons. The highest BCUT2D eigenvalue weighted by atomic mass is 32.1. The molecule has 0 aliphatic rings. The molecule has 0 saturated carbocycles. The van der Waals surface area contributed by atoms with Gasteiger partial charge in [-0.15, -0.1) is 11.3 Å². The molecule has 1 aromatic rings. The SMILES string of the molecule is CCCCCCCCCCCC(=O)NCc1cccs1. The molecule has 0 unspecified atom stereocenters. The molecule has 2 nitrogen and oxygen atoms in total. The summed E-state index contributed by atoms with van der Waals surface area (Å²) in [6.45, 7) is 2.94. The quantitative estimate of drug-likeness (QED) is 0.522. The fraction of sp³-hybridized carbons (Fsp3) is 0.706. The van der Waals surface area contributed by atoms with Gasteiger partial charge in [0.05, 0.1) is 6.54 Å². The molecule has 1 heterocycles. The summed E-state index contributed by atoms with van der Waals surface area (Å²) in [5, 5.41) is 5.03. The lowest BCUT2D eigenvalue weighted by Crippen LogP contribution is -2.21. The average Bonchev–Trinajstić information content (AvgIpc) is 2.96. The van der Waals surface area contributed by atoms with Crippen molar-refractivity contribution in [3.63, 3.8) is 0 Å². The van der Waals surface area contributed by atoms with Gasteiger partial charge in [0.25, 0.3) is 0 Å². The Kier molecular flexibility index (Phi) is 10.3. The third-order valence-electron chi connectivity index (χ3n) is 3.55. The minimum absolute atomic E-state index is 0.196. The Morgan fingerprint density at radius 3 is 2.30 bits per heavy atom. The van der Waals surface area contributed by atoms with Crippen LogP contribution in [0.2, 0.25) is 0 Å². The van der Waals surface area contributed by atoms with Crippen LogP contribution in [0.25, 0.3) is 0 Å². The largest absolute Gasteiger partial charge is 0.351 e. The van der Waals surface area contributed by atoms with Gasteiger partial charge in [-0.05, 0) is 17.9 Å². The van der Waals surface area contributed by atoms with Crippen molar-refractivity contribution in [1.29, 1.82) is 0 Å². The first-order valence-corrected chi connectivity index (χ1v) is 9.00. The summed E-state index contributed by atoms with van der Waals surface area (Å²) in [6.07, 6.45) is 12.4. The van der Waals surface area contributed by atoms with Crippen molar-refractivity contribution >= 4 is 17.2 Å². The summed E-state index contributed by atoms with van der Waals surface area (Å²) in [5.74, 6) is 0.196. The van der Waals surface area contributed by atoms with Crippen LogP contribution in [0.15, 0.2) is 17.5 Å². The van der Waals surface area contributed by atoms with Crippen molar-refractivity contribution in [2.75, 3.05) is 0 Å². The van der Waals surface area contributed by atoms with Gasteiger partial charge in [0.2, 0.25) is 5.91 Å². The first-order valence-electron chi connectivity index (χ1n) is 8.12. The predicted octanol–water partition coefficient (Wildman–Crippen LogP) is 5.29. The Balaban J connectivity index is 1.84. The molecule has 0 aliphatic carbocycles. The third kappa shape index (κ3) is 9.13. The van der Waals surface area contributed by atoms with E-state index in [2.05, 4.69) is 18.3 Å². The summed E-state index contributed by atoms with van der Waals surface area (Å²) in [5.41, 5.74) is 0. The summed E-state index contributed by atoms with van der Waals surface area (Å²) in [6, 6.07) is 4.08. The molecule has 1 N–H and O–H groups in total. The third-order valence-corrected chi connectivity index (χ3v) is 4.42. The molecule has 3 heteroatoms. The summed E-state index contributed by atoms with van der Waals surface area (Å²) in [7, 11) is 0. The van der Waals surface area contributed by atoms with Crippen molar-refractivity contribution in [3.05, 3.63) is 22.4 Å². The van der Waals surface area contributed by atoms with E-state index < -0.39 is 0 Å². The van der Waals surface area contributed by atoms with Gasteiger partial charge in [-0.2, -0.15) is 0 Å². The number of unbranched alkanes of at least 4 members (excludes halogenated alkanes) is 8. The molecule has 1 amide bonds. The van der Waals surface area contributed by atoms with Crippen LogP contribution in [0, 0.1) is 0 Å². The lowest BCUT2D eigenvalue weighted by molar-refractivity contribution is -0.121. The lowest BCUT2D eigenvalue weighted by atomic mass is 10.1. The molecule has 0 aromatic carbocycles. The van der Waals surface area contributed by atoms with Crippen molar-refractivity contribution in [2.24, 2.45) is 0 Å². The number of thiophene rings is 1. The van der Waals surface area contributed by atoms with Gasteiger partial charge in [-0.25, -0.2) is 0 Å². The van der Waals surface area contributed by atoms with Crippen LogP contribution in [0.1, 0.15) is 76.0 Å². The number of nitrogens with one attached hydrogen (secondary N) is 1. The zero-order valence-corrected chi connectivity index (χ0v) is 13.6. The zero-order valence-electron chi connectivity index (χ0n) is 12.8. The van der Waals surface area contributed by atoms with Gasteiger partial charge in [-0.3, -0.25) is 4.79 Å². The number of rotatable bonds is 12. The van der Waals surface area contributed by atoms with Crippen LogP contribution in [-0.2, 0) is 11.3 Å². The van der Waals surface area contributed by atoms with Gasteiger partial charge in [-0.1, -0.05) is 64.4 Å². The minimum Gasteiger partial charge on any atom is -0.351 e. The summed E-state index contributed by atoms with van der Waals surface area (Å²) in [4.78, 5) is 12.9. The molecule has 0 aliphatic heterocycles. The minimum atomic E-state index is 0.196. The average molecular weight is 295 g/mol. The normalized spacial score (nSPS) is 10.7. The second-order valence-electron chi connectivity index (χ2n) is 5.43. The predicted molar refractivity (Wildman–Crippen MR) is 88.0 cm³/mol.